The Balaban J connectivity index is 0.00000169. The second kappa shape index (κ2) is 7.36. The second-order valence-electron chi connectivity index (χ2n) is 2.89. The van der Waals surface area contributed by atoms with Crippen LogP contribution in [0.4, 0.5) is 0 Å². The Kier molecular flexibility index (Phi) is 7.92. The average Bonchev–Trinajstić information content (AvgIpc) is 2.84. The first-order valence-corrected chi connectivity index (χ1v) is 5.82. The van der Waals surface area contributed by atoms with Gasteiger partial charge in [0.15, 0.2) is 0 Å². The van der Waals surface area contributed by atoms with Crippen molar-refractivity contribution < 1.29 is 52.8 Å². The summed E-state index contributed by atoms with van der Waals surface area (Å²) in [5.41, 5.74) is 0. The third-order valence-corrected chi connectivity index (χ3v) is 2.53. The number of phosphoric acid groups is 1. The van der Waals surface area contributed by atoms with E-state index in [4.69, 9.17) is 4.74 Å². The maximum Gasteiger partial charge on any atom is 1.00 e. The molecule has 0 aromatic rings. The van der Waals surface area contributed by atoms with E-state index in [1.807, 2.05) is 6.92 Å². The molecule has 1 rings (SSSR count). The Bertz CT molecular complexity index is 197. The summed E-state index contributed by atoms with van der Waals surface area (Å²) in [5, 5.41) is 0. The maximum atomic E-state index is 11.0. The quantitative estimate of drug-likeness (QED) is 0.213. The first-order chi connectivity index (χ1) is 6.14. The van der Waals surface area contributed by atoms with E-state index in [0.717, 1.165) is 12.8 Å². The van der Waals surface area contributed by atoms with E-state index in [1.54, 1.807) is 0 Å². The van der Waals surface area contributed by atoms with Crippen molar-refractivity contribution in [2.45, 2.75) is 25.9 Å². The molecule has 7 heteroatoms. The fourth-order valence-electron chi connectivity index (χ4n) is 0.697. The summed E-state index contributed by atoms with van der Waals surface area (Å²) >= 11 is 0. The van der Waals surface area contributed by atoms with E-state index < -0.39 is 7.82 Å². The topological polar surface area (TPSA) is 71.1 Å². The van der Waals surface area contributed by atoms with Gasteiger partial charge < -0.3 is 18.7 Å². The van der Waals surface area contributed by atoms with Crippen molar-refractivity contribution in [3.8, 4) is 0 Å². The molecule has 1 heterocycles. The summed E-state index contributed by atoms with van der Waals surface area (Å²) < 4.78 is 24.9. The summed E-state index contributed by atoms with van der Waals surface area (Å²) in [6.07, 6.45) is 1.55. The van der Waals surface area contributed by atoms with Crippen LogP contribution < -0.4 is 34.5 Å². The molecule has 1 aliphatic rings. The van der Waals surface area contributed by atoms with Gasteiger partial charge in [0.25, 0.3) is 7.82 Å². The van der Waals surface area contributed by atoms with E-state index in [1.165, 1.54) is 0 Å². The molecule has 1 fully saturated rings. The molecule has 0 bridgehead atoms. The Morgan fingerprint density at radius 3 is 2.71 bits per heavy atom. The van der Waals surface area contributed by atoms with Crippen LogP contribution >= 0.6 is 7.82 Å². The monoisotopic (exact) mass is 232 g/mol. The van der Waals surface area contributed by atoms with Crippen LogP contribution in [0.5, 0.6) is 0 Å². The molecule has 1 aliphatic heterocycles. The van der Waals surface area contributed by atoms with E-state index >= 15 is 0 Å². The maximum absolute atomic E-state index is 11.0. The van der Waals surface area contributed by atoms with Gasteiger partial charge >= 0.3 is 29.6 Å². The van der Waals surface area contributed by atoms with Crippen molar-refractivity contribution in [3.05, 3.63) is 0 Å². The molecule has 1 saturated heterocycles. The number of hydrogen-bond acceptors (Lipinski definition) is 5. The minimum absolute atomic E-state index is 0. The predicted molar refractivity (Wildman–Crippen MR) is 44.2 cm³/mol. The van der Waals surface area contributed by atoms with Crippen LogP contribution in [0.1, 0.15) is 19.8 Å². The van der Waals surface area contributed by atoms with E-state index in [0.29, 0.717) is 6.61 Å². The van der Waals surface area contributed by atoms with Crippen LogP contribution in [0.25, 0.3) is 0 Å². The normalized spacial score (nSPS) is 23.7. The van der Waals surface area contributed by atoms with Crippen molar-refractivity contribution in [2.24, 2.45) is 0 Å². The summed E-state index contributed by atoms with van der Waals surface area (Å²) in [5.74, 6) is 0. The summed E-state index contributed by atoms with van der Waals surface area (Å²) in [4.78, 5) is 11.0. The SMILES string of the molecule is CCCCOP(=O)([O-])OCC1CO1.[Na+]. The molecule has 2 atom stereocenters. The smallest absolute Gasteiger partial charge is 0.756 e. The van der Waals surface area contributed by atoms with Crippen LogP contribution in [-0.2, 0) is 18.3 Å². The minimum Gasteiger partial charge on any atom is -0.756 e. The molecule has 0 aromatic carbocycles. The fourth-order valence-corrected chi connectivity index (χ4v) is 1.47. The van der Waals surface area contributed by atoms with Crippen molar-refractivity contribution in [2.75, 3.05) is 19.8 Å². The number of unbranched alkanes of at least 4 members (excludes halogenated alkanes) is 1. The largest absolute Gasteiger partial charge is 1.00 e. The first kappa shape index (κ1) is 15.1. The van der Waals surface area contributed by atoms with Crippen molar-refractivity contribution in [1.29, 1.82) is 0 Å². The molecule has 14 heavy (non-hydrogen) atoms. The third-order valence-electron chi connectivity index (χ3n) is 1.57. The van der Waals surface area contributed by atoms with Crippen molar-refractivity contribution >= 4 is 7.82 Å². The zero-order valence-corrected chi connectivity index (χ0v) is 11.5. The van der Waals surface area contributed by atoms with E-state index in [-0.39, 0.29) is 48.9 Å². The van der Waals surface area contributed by atoms with E-state index in [9.17, 15) is 9.46 Å². The Morgan fingerprint density at radius 2 is 2.21 bits per heavy atom. The van der Waals surface area contributed by atoms with Gasteiger partial charge in [-0.25, -0.2) is 0 Å². The van der Waals surface area contributed by atoms with Gasteiger partial charge in [-0.3, -0.25) is 4.57 Å². The Hall–Kier alpha value is 1.07. The number of epoxide rings is 1. The van der Waals surface area contributed by atoms with Gasteiger partial charge in [0, 0.05) is 0 Å². The van der Waals surface area contributed by atoms with Crippen molar-refractivity contribution in [1.82, 2.24) is 0 Å². The molecule has 0 aromatic heterocycles. The molecule has 0 aliphatic carbocycles. The predicted octanol–water partition coefficient (Wildman–Crippen LogP) is -2.31. The molecule has 0 amide bonds. The van der Waals surface area contributed by atoms with Gasteiger partial charge in [0.1, 0.15) is 6.10 Å². The third kappa shape index (κ3) is 7.37. The van der Waals surface area contributed by atoms with Crippen LogP contribution in [0.15, 0.2) is 0 Å². The molecular formula is C7H14NaO5P. The van der Waals surface area contributed by atoms with Crippen LogP contribution in [0.2, 0.25) is 0 Å². The van der Waals surface area contributed by atoms with E-state index in [2.05, 4.69) is 9.05 Å². The Labute approximate surface area is 106 Å². The first-order valence-electron chi connectivity index (χ1n) is 4.36. The molecular weight excluding hydrogens is 218 g/mol. The van der Waals surface area contributed by atoms with Crippen molar-refractivity contribution in [3.63, 3.8) is 0 Å². The molecule has 78 valence electrons. The number of rotatable bonds is 7. The zero-order chi connectivity index (χ0) is 9.73. The summed E-state index contributed by atoms with van der Waals surface area (Å²) in [7, 11) is -4.07. The van der Waals surface area contributed by atoms with Gasteiger partial charge in [-0.1, -0.05) is 13.3 Å². The average molecular weight is 232 g/mol. The molecule has 0 spiro atoms. The van der Waals surface area contributed by atoms with Crippen LogP contribution in [0, 0.1) is 0 Å². The molecule has 5 nitrogen and oxygen atoms in total. The molecule has 0 saturated carbocycles. The van der Waals surface area contributed by atoms with Gasteiger partial charge in [-0.05, 0) is 6.42 Å². The standard InChI is InChI=1S/C7H15O5P.Na/c1-2-3-4-11-13(8,9)12-6-7-5-10-7;/h7H,2-6H2,1H3,(H,8,9);/q;+1/p-1. The number of phosphoric ester groups is 1. The summed E-state index contributed by atoms with van der Waals surface area (Å²) in [6.45, 7) is 2.81. The Morgan fingerprint density at radius 1 is 1.57 bits per heavy atom. The van der Waals surface area contributed by atoms with Gasteiger partial charge in [-0.15, -0.1) is 0 Å². The van der Waals surface area contributed by atoms with Gasteiger partial charge in [-0.2, -0.15) is 0 Å². The summed E-state index contributed by atoms with van der Waals surface area (Å²) in [6, 6.07) is 0. The van der Waals surface area contributed by atoms with Crippen LogP contribution in [-0.4, -0.2) is 25.9 Å². The molecule has 0 N–H and O–H groups in total. The van der Waals surface area contributed by atoms with Crippen LogP contribution in [0.3, 0.4) is 0 Å². The zero-order valence-electron chi connectivity index (χ0n) is 8.60. The minimum atomic E-state index is -4.07. The van der Waals surface area contributed by atoms with Gasteiger partial charge in [0.05, 0.1) is 19.8 Å². The molecule has 0 radical (unpaired) electrons. The fraction of sp³-hybridized carbons (Fsp3) is 1.00. The molecule has 2 unspecified atom stereocenters. The number of ether oxygens (including phenoxy) is 1. The second-order valence-corrected chi connectivity index (χ2v) is 4.30. The van der Waals surface area contributed by atoms with Gasteiger partial charge in [0.2, 0.25) is 0 Å². The number of hydrogen-bond donors (Lipinski definition) is 0.